The number of aliphatic hydroxyl groups is 1. The van der Waals surface area contributed by atoms with Gasteiger partial charge in [0.1, 0.15) is 10.7 Å². The highest BCUT2D eigenvalue weighted by Gasteiger charge is 2.29. The maximum Gasteiger partial charge on any atom is 0.243 e. The Morgan fingerprint density at radius 3 is 2.74 bits per heavy atom. The van der Waals surface area contributed by atoms with E-state index >= 15 is 0 Å². The van der Waals surface area contributed by atoms with Crippen LogP contribution in [0.4, 0.5) is 4.39 Å². The SMILES string of the molecule is CC1CCCC1NS(=O)(=O)c1cc(CO)ccc1F. The molecule has 0 aromatic heterocycles. The van der Waals surface area contributed by atoms with Gasteiger partial charge in [0.15, 0.2) is 0 Å². The number of nitrogens with one attached hydrogen (secondary N) is 1. The Hall–Kier alpha value is -0.980. The van der Waals surface area contributed by atoms with E-state index in [1.165, 1.54) is 12.1 Å². The molecule has 0 spiro atoms. The Morgan fingerprint density at radius 1 is 1.42 bits per heavy atom. The minimum absolute atomic E-state index is 0.137. The molecule has 19 heavy (non-hydrogen) atoms. The van der Waals surface area contributed by atoms with Crippen LogP contribution in [0.1, 0.15) is 31.7 Å². The number of rotatable bonds is 4. The fourth-order valence-corrected chi connectivity index (χ4v) is 3.94. The van der Waals surface area contributed by atoms with E-state index in [2.05, 4.69) is 4.72 Å². The van der Waals surface area contributed by atoms with Crippen LogP contribution >= 0.6 is 0 Å². The molecule has 0 saturated heterocycles. The molecule has 1 saturated carbocycles. The summed E-state index contributed by atoms with van der Waals surface area (Å²) in [6.45, 7) is 1.67. The summed E-state index contributed by atoms with van der Waals surface area (Å²) in [6.07, 6.45) is 2.74. The number of hydrogen-bond donors (Lipinski definition) is 2. The van der Waals surface area contributed by atoms with Gasteiger partial charge >= 0.3 is 0 Å². The van der Waals surface area contributed by atoms with E-state index in [0.717, 1.165) is 25.3 Å². The highest BCUT2D eigenvalue weighted by Crippen LogP contribution is 2.27. The van der Waals surface area contributed by atoms with E-state index < -0.39 is 20.7 Å². The molecule has 1 aliphatic rings. The lowest BCUT2D eigenvalue weighted by Crippen LogP contribution is -2.36. The van der Waals surface area contributed by atoms with Crippen LogP contribution in [0.25, 0.3) is 0 Å². The topological polar surface area (TPSA) is 66.4 Å². The molecule has 2 atom stereocenters. The molecule has 0 heterocycles. The molecular weight excluding hydrogens is 269 g/mol. The third-order valence-corrected chi connectivity index (χ3v) is 5.14. The molecular formula is C13H18FNO3S. The van der Waals surface area contributed by atoms with Crippen molar-refractivity contribution in [3.8, 4) is 0 Å². The smallest absolute Gasteiger partial charge is 0.243 e. The Kier molecular flexibility index (Phi) is 4.23. The van der Waals surface area contributed by atoms with E-state index in [9.17, 15) is 12.8 Å². The van der Waals surface area contributed by atoms with Crippen molar-refractivity contribution >= 4 is 10.0 Å². The second kappa shape index (κ2) is 5.56. The zero-order chi connectivity index (χ0) is 14.0. The maximum absolute atomic E-state index is 13.7. The van der Waals surface area contributed by atoms with Crippen molar-refractivity contribution < 1.29 is 17.9 Å². The second-order valence-corrected chi connectivity index (χ2v) is 6.74. The van der Waals surface area contributed by atoms with Crippen LogP contribution in [0.5, 0.6) is 0 Å². The van der Waals surface area contributed by atoms with E-state index in [-0.39, 0.29) is 18.6 Å². The quantitative estimate of drug-likeness (QED) is 0.887. The fraction of sp³-hybridized carbons (Fsp3) is 0.538. The third-order valence-electron chi connectivity index (χ3n) is 3.64. The molecule has 2 N–H and O–H groups in total. The molecule has 2 rings (SSSR count). The lowest BCUT2D eigenvalue weighted by atomic mass is 10.1. The summed E-state index contributed by atoms with van der Waals surface area (Å²) in [7, 11) is -3.88. The third kappa shape index (κ3) is 3.13. The highest BCUT2D eigenvalue weighted by atomic mass is 32.2. The Morgan fingerprint density at radius 2 is 2.16 bits per heavy atom. The van der Waals surface area contributed by atoms with Gasteiger partial charge in [-0.1, -0.05) is 19.4 Å². The summed E-state index contributed by atoms with van der Waals surface area (Å²) >= 11 is 0. The van der Waals surface area contributed by atoms with Gasteiger partial charge in [-0.2, -0.15) is 0 Å². The monoisotopic (exact) mass is 287 g/mol. The largest absolute Gasteiger partial charge is 0.392 e. The minimum atomic E-state index is -3.88. The molecule has 2 unspecified atom stereocenters. The van der Waals surface area contributed by atoms with Gasteiger partial charge in [0.25, 0.3) is 0 Å². The first-order valence-corrected chi connectivity index (χ1v) is 7.84. The first-order valence-electron chi connectivity index (χ1n) is 6.35. The number of benzene rings is 1. The van der Waals surface area contributed by atoms with Crippen LogP contribution in [0, 0.1) is 11.7 Å². The number of aliphatic hydroxyl groups excluding tert-OH is 1. The zero-order valence-corrected chi connectivity index (χ0v) is 11.6. The predicted molar refractivity (Wildman–Crippen MR) is 69.4 cm³/mol. The van der Waals surface area contributed by atoms with Crippen LogP contribution in [0.15, 0.2) is 23.1 Å². The molecule has 4 nitrogen and oxygen atoms in total. The van der Waals surface area contributed by atoms with Crippen molar-refractivity contribution in [2.45, 2.75) is 43.7 Å². The van der Waals surface area contributed by atoms with E-state index in [0.29, 0.717) is 5.56 Å². The van der Waals surface area contributed by atoms with Gasteiger partial charge < -0.3 is 5.11 Å². The van der Waals surface area contributed by atoms with Gasteiger partial charge in [-0.15, -0.1) is 0 Å². The second-order valence-electron chi connectivity index (χ2n) is 5.06. The van der Waals surface area contributed by atoms with Gasteiger partial charge in [-0.05, 0) is 36.5 Å². The molecule has 1 aromatic rings. The molecule has 0 bridgehead atoms. The molecule has 1 fully saturated rings. The molecule has 1 aromatic carbocycles. The van der Waals surface area contributed by atoms with Crippen molar-refractivity contribution in [1.82, 2.24) is 4.72 Å². The minimum Gasteiger partial charge on any atom is -0.392 e. The molecule has 1 aliphatic carbocycles. The van der Waals surface area contributed by atoms with Crippen LogP contribution < -0.4 is 4.72 Å². The van der Waals surface area contributed by atoms with Gasteiger partial charge in [-0.25, -0.2) is 17.5 Å². The number of halogens is 1. The zero-order valence-electron chi connectivity index (χ0n) is 10.8. The summed E-state index contributed by atoms with van der Waals surface area (Å²) in [5.74, 6) is -0.533. The van der Waals surface area contributed by atoms with Crippen molar-refractivity contribution in [3.63, 3.8) is 0 Å². The summed E-state index contributed by atoms with van der Waals surface area (Å²) < 4.78 is 40.6. The Bertz CT molecular complexity index is 559. The van der Waals surface area contributed by atoms with Crippen molar-refractivity contribution in [2.75, 3.05) is 0 Å². The molecule has 0 amide bonds. The summed E-state index contributed by atoms with van der Waals surface area (Å²) in [5, 5.41) is 9.01. The normalized spacial score (nSPS) is 23.7. The summed E-state index contributed by atoms with van der Waals surface area (Å²) in [4.78, 5) is -0.391. The van der Waals surface area contributed by atoms with E-state index in [1.807, 2.05) is 6.92 Å². The maximum atomic E-state index is 13.7. The summed E-state index contributed by atoms with van der Waals surface area (Å²) in [5.41, 5.74) is 0.376. The van der Waals surface area contributed by atoms with Crippen LogP contribution in [0.2, 0.25) is 0 Å². The lowest BCUT2D eigenvalue weighted by Gasteiger charge is -2.17. The standard InChI is InChI=1S/C13H18FNO3S/c1-9-3-2-4-12(9)15-19(17,18)13-7-10(8-16)5-6-11(13)14/h5-7,9,12,15-16H,2-4,8H2,1H3. The van der Waals surface area contributed by atoms with E-state index in [1.54, 1.807) is 0 Å². The number of hydrogen-bond acceptors (Lipinski definition) is 3. The van der Waals surface area contributed by atoms with Gasteiger partial charge in [0.05, 0.1) is 6.61 Å². The Balaban J connectivity index is 2.28. The average Bonchev–Trinajstić information content (AvgIpc) is 2.75. The van der Waals surface area contributed by atoms with Gasteiger partial charge in [-0.3, -0.25) is 0 Å². The predicted octanol–water partition coefficient (Wildman–Crippen LogP) is 1.78. The van der Waals surface area contributed by atoms with Crippen LogP contribution in [-0.2, 0) is 16.6 Å². The first kappa shape index (κ1) is 14.4. The first-order chi connectivity index (χ1) is 8.94. The molecule has 106 valence electrons. The average molecular weight is 287 g/mol. The molecule has 0 radical (unpaired) electrons. The molecule has 6 heteroatoms. The fourth-order valence-electron chi connectivity index (χ4n) is 2.44. The van der Waals surface area contributed by atoms with Gasteiger partial charge in [0.2, 0.25) is 10.0 Å². The summed E-state index contributed by atoms with van der Waals surface area (Å²) in [6, 6.07) is 3.48. The highest BCUT2D eigenvalue weighted by molar-refractivity contribution is 7.89. The lowest BCUT2D eigenvalue weighted by molar-refractivity contribution is 0.281. The van der Waals surface area contributed by atoms with Gasteiger partial charge in [0, 0.05) is 6.04 Å². The van der Waals surface area contributed by atoms with Crippen molar-refractivity contribution in [2.24, 2.45) is 5.92 Å². The van der Waals surface area contributed by atoms with Crippen LogP contribution in [0.3, 0.4) is 0 Å². The Labute approximate surface area is 112 Å². The van der Waals surface area contributed by atoms with Crippen LogP contribution in [-0.4, -0.2) is 19.6 Å². The number of sulfonamides is 1. The van der Waals surface area contributed by atoms with E-state index in [4.69, 9.17) is 5.11 Å². The molecule has 0 aliphatic heterocycles. The van der Waals surface area contributed by atoms with Crippen molar-refractivity contribution in [3.05, 3.63) is 29.6 Å². The van der Waals surface area contributed by atoms with Crippen molar-refractivity contribution in [1.29, 1.82) is 0 Å².